The van der Waals surface area contributed by atoms with Crippen molar-refractivity contribution in [2.24, 2.45) is 0 Å². The molecule has 0 saturated carbocycles. The highest BCUT2D eigenvalue weighted by atomic mass is 16.6. The minimum absolute atomic E-state index is 0.376. The maximum atomic E-state index is 11.4. The zero-order valence-corrected chi connectivity index (χ0v) is 13.0. The molecule has 1 aromatic heterocycles. The summed E-state index contributed by atoms with van der Waals surface area (Å²) in [6.45, 7) is 10.1. The van der Waals surface area contributed by atoms with E-state index in [1.165, 1.54) is 0 Å². The molecule has 110 valence electrons. The summed E-state index contributed by atoms with van der Waals surface area (Å²) in [6.07, 6.45) is 4.43. The van der Waals surface area contributed by atoms with Crippen molar-refractivity contribution in [3.8, 4) is 0 Å². The van der Waals surface area contributed by atoms with E-state index < -0.39 is 5.60 Å². The molecular formula is C16H24N2O2. The molecule has 4 heteroatoms. The maximum absolute atomic E-state index is 11.4. The minimum Gasteiger partial charge on any atom is -0.444 e. The van der Waals surface area contributed by atoms with Crippen molar-refractivity contribution in [1.29, 1.82) is 0 Å². The van der Waals surface area contributed by atoms with Crippen LogP contribution in [-0.2, 0) is 4.74 Å². The molecule has 0 saturated heterocycles. The monoisotopic (exact) mass is 276 g/mol. The van der Waals surface area contributed by atoms with Gasteiger partial charge in [0.05, 0.1) is 0 Å². The van der Waals surface area contributed by atoms with Crippen LogP contribution in [0.5, 0.6) is 0 Å². The zero-order chi connectivity index (χ0) is 15.2. The van der Waals surface area contributed by atoms with E-state index >= 15 is 0 Å². The van der Waals surface area contributed by atoms with Gasteiger partial charge in [-0.2, -0.15) is 0 Å². The number of aromatic nitrogens is 1. The molecule has 0 bridgehead atoms. The summed E-state index contributed by atoms with van der Waals surface area (Å²) < 4.78 is 5.15. The number of alkyl carbamates (subject to hydrolysis) is 1. The number of hydrogen-bond donors (Lipinski definition) is 1. The molecule has 20 heavy (non-hydrogen) atoms. The van der Waals surface area contributed by atoms with Gasteiger partial charge in [-0.1, -0.05) is 18.2 Å². The van der Waals surface area contributed by atoms with Crippen molar-refractivity contribution in [2.75, 3.05) is 6.54 Å². The Balaban J connectivity index is 2.34. The van der Waals surface area contributed by atoms with Crippen LogP contribution in [0, 0.1) is 13.8 Å². The van der Waals surface area contributed by atoms with Crippen molar-refractivity contribution in [1.82, 2.24) is 10.3 Å². The summed E-state index contributed by atoms with van der Waals surface area (Å²) in [5, 5.41) is 2.72. The van der Waals surface area contributed by atoms with Crippen LogP contribution in [0.25, 0.3) is 6.08 Å². The first kappa shape index (κ1) is 16.2. The van der Waals surface area contributed by atoms with Crippen molar-refractivity contribution < 1.29 is 9.53 Å². The first-order chi connectivity index (χ1) is 9.28. The molecule has 0 unspecified atom stereocenters. The molecule has 0 atom stereocenters. The van der Waals surface area contributed by atoms with Crippen LogP contribution in [0.2, 0.25) is 0 Å². The molecule has 0 aliphatic heterocycles. The van der Waals surface area contributed by atoms with Crippen LogP contribution in [0.3, 0.4) is 0 Å². The maximum Gasteiger partial charge on any atom is 0.407 e. The summed E-state index contributed by atoms with van der Waals surface area (Å²) in [4.78, 5) is 15.8. The summed E-state index contributed by atoms with van der Waals surface area (Å²) in [5.74, 6) is 0. The van der Waals surface area contributed by atoms with E-state index in [1.807, 2.05) is 52.8 Å². The van der Waals surface area contributed by atoms with E-state index in [0.717, 1.165) is 23.4 Å². The molecule has 0 spiro atoms. The molecular weight excluding hydrogens is 252 g/mol. The van der Waals surface area contributed by atoms with E-state index in [-0.39, 0.29) is 6.09 Å². The van der Waals surface area contributed by atoms with Gasteiger partial charge < -0.3 is 10.1 Å². The van der Waals surface area contributed by atoms with E-state index in [9.17, 15) is 4.79 Å². The smallest absolute Gasteiger partial charge is 0.407 e. The van der Waals surface area contributed by atoms with Gasteiger partial charge in [0.15, 0.2) is 0 Å². The average Bonchev–Trinajstić information content (AvgIpc) is 2.28. The molecule has 1 rings (SSSR count). The lowest BCUT2D eigenvalue weighted by Gasteiger charge is -2.19. The Labute approximate surface area is 121 Å². The third-order valence-corrected chi connectivity index (χ3v) is 2.54. The Morgan fingerprint density at radius 2 is 2.05 bits per heavy atom. The highest BCUT2D eigenvalue weighted by Crippen LogP contribution is 2.09. The number of carbonyl (C=O) groups is 1. The van der Waals surface area contributed by atoms with Crippen LogP contribution in [0.1, 0.15) is 44.1 Å². The van der Waals surface area contributed by atoms with Gasteiger partial charge in [-0.3, -0.25) is 4.98 Å². The first-order valence-corrected chi connectivity index (χ1v) is 6.85. The van der Waals surface area contributed by atoms with Gasteiger partial charge in [-0.25, -0.2) is 4.79 Å². The number of hydrogen-bond acceptors (Lipinski definition) is 3. The average molecular weight is 276 g/mol. The lowest BCUT2D eigenvalue weighted by Crippen LogP contribution is -2.32. The minimum atomic E-state index is -0.454. The highest BCUT2D eigenvalue weighted by molar-refractivity contribution is 5.67. The quantitative estimate of drug-likeness (QED) is 0.854. The molecule has 0 radical (unpaired) electrons. The zero-order valence-electron chi connectivity index (χ0n) is 13.0. The number of aryl methyl sites for hydroxylation is 2. The van der Waals surface area contributed by atoms with Crippen LogP contribution < -0.4 is 5.32 Å². The second-order valence-corrected chi connectivity index (χ2v) is 5.75. The number of nitrogens with zero attached hydrogens (tertiary/aromatic N) is 1. The van der Waals surface area contributed by atoms with E-state index in [0.29, 0.717) is 6.54 Å². The van der Waals surface area contributed by atoms with Crippen molar-refractivity contribution >= 4 is 12.2 Å². The summed E-state index contributed by atoms with van der Waals surface area (Å²) >= 11 is 0. The fourth-order valence-electron chi connectivity index (χ4n) is 1.66. The number of carbonyl (C=O) groups excluding carboxylic acids is 1. The van der Waals surface area contributed by atoms with Gasteiger partial charge >= 0.3 is 6.09 Å². The number of pyridine rings is 1. The van der Waals surface area contributed by atoms with Gasteiger partial charge in [0.25, 0.3) is 0 Å². The lowest BCUT2D eigenvalue weighted by molar-refractivity contribution is 0.0529. The third kappa shape index (κ3) is 6.36. The SMILES string of the molecule is Cc1ccc(C=CCCNC(=O)OC(C)(C)C)c(C)n1. The summed E-state index contributed by atoms with van der Waals surface area (Å²) in [7, 11) is 0. The molecule has 1 amide bonds. The Hall–Kier alpha value is -1.84. The number of ether oxygens (including phenoxy) is 1. The predicted molar refractivity (Wildman–Crippen MR) is 81.6 cm³/mol. The van der Waals surface area contributed by atoms with Gasteiger partial charge in [0.2, 0.25) is 0 Å². The van der Waals surface area contributed by atoms with Crippen molar-refractivity contribution in [3.63, 3.8) is 0 Å². The van der Waals surface area contributed by atoms with Crippen LogP contribution in [0.15, 0.2) is 18.2 Å². The lowest BCUT2D eigenvalue weighted by atomic mass is 10.1. The Morgan fingerprint density at radius 1 is 1.35 bits per heavy atom. The van der Waals surface area contributed by atoms with Crippen LogP contribution in [-0.4, -0.2) is 23.2 Å². The Kier molecular flexibility index (Phi) is 5.74. The molecule has 0 aliphatic carbocycles. The van der Waals surface area contributed by atoms with Gasteiger partial charge in [-0.15, -0.1) is 0 Å². The fraction of sp³-hybridized carbons (Fsp3) is 0.500. The topological polar surface area (TPSA) is 51.2 Å². The van der Waals surface area contributed by atoms with Crippen molar-refractivity contribution in [2.45, 2.75) is 46.6 Å². The van der Waals surface area contributed by atoms with Gasteiger partial charge in [-0.05, 0) is 52.7 Å². The van der Waals surface area contributed by atoms with E-state index in [1.54, 1.807) is 0 Å². The molecule has 4 nitrogen and oxygen atoms in total. The van der Waals surface area contributed by atoms with E-state index in [2.05, 4.69) is 16.4 Å². The van der Waals surface area contributed by atoms with Crippen LogP contribution in [0.4, 0.5) is 4.79 Å². The third-order valence-electron chi connectivity index (χ3n) is 2.54. The molecule has 0 aliphatic rings. The standard InChI is InChI=1S/C16H24N2O2/c1-12-9-10-14(13(2)18-12)8-6-7-11-17-15(19)20-16(3,4)5/h6,8-10H,7,11H2,1-5H3,(H,17,19). The number of nitrogens with one attached hydrogen (secondary N) is 1. The Bertz CT molecular complexity index is 488. The largest absolute Gasteiger partial charge is 0.444 e. The molecule has 1 aromatic rings. The Morgan fingerprint density at radius 3 is 2.65 bits per heavy atom. The molecule has 0 fully saturated rings. The van der Waals surface area contributed by atoms with Gasteiger partial charge in [0.1, 0.15) is 5.60 Å². The second kappa shape index (κ2) is 7.08. The number of rotatable bonds is 4. The van der Waals surface area contributed by atoms with Crippen molar-refractivity contribution in [3.05, 3.63) is 35.2 Å². The summed E-state index contributed by atoms with van der Waals surface area (Å²) in [5.41, 5.74) is 2.69. The molecule has 1 N–H and O–H groups in total. The highest BCUT2D eigenvalue weighted by Gasteiger charge is 2.15. The molecule has 1 heterocycles. The fourth-order valence-corrected chi connectivity index (χ4v) is 1.66. The first-order valence-electron chi connectivity index (χ1n) is 6.85. The molecule has 0 aromatic carbocycles. The van der Waals surface area contributed by atoms with Crippen LogP contribution >= 0.6 is 0 Å². The normalized spacial score (nSPS) is 11.7. The van der Waals surface area contributed by atoms with Gasteiger partial charge in [0, 0.05) is 17.9 Å². The summed E-state index contributed by atoms with van der Waals surface area (Å²) in [6, 6.07) is 4.04. The predicted octanol–water partition coefficient (Wildman–Crippen LogP) is 3.63. The van der Waals surface area contributed by atoms with E-state index in [4.69, 9.17) is 4.74 Å². The second-order valence-electron chi connectivity index (χ2n) is 5.75. The number of amides is 1.